The van der Waals surface area contributed by atoms with E-state index in [1.54, 1.807) is 0 Å². The Labute approximate surface area is 139 Å². The Morgan fingerprint density at radius 2 is 1.78 bits per heavy atom. The van der Waals surface area contributed by atoms with Gasteiger partial charge in [-0.25, -0.2) is 0 Å². The van der Waals surface area contributed by atoms with Crippen molar-refractivity contribution in [3.63, 3.8) is 0 Å². The molecule has 2 fully saturated rings. The van der Waals surface area contributed by atoms with E-state index in [0.717, 1.165) is 37.8 Å². The van der Waals surface area contributed by atoms with E-state index in [2.05, 4.69) is 50.6 Å². The molecule has 1 aromatic rings. The SMILES string of the molecule is CCOC1CCC(n2cc(B3OC(C)(C)C(C)(C)O3)cn2)CC1. The highest BCUT2D eigenvalue weighted by Crippen LogP contribution is 2.36. The molecule has 0 N–H and O–H groups in total. The van der Waals surface area contributed by atoms with Crippen LogP contribution >= 0.6 is 0 Å². The minimum Gasteiger partial charge on any atom is -0.399 e. The summed E-state index contributed by atoms with van der Waals surface area (Å²) in [7, 11) is -0.325. The van der Waals surface area contributed by atoms with E-state index in [1.165, 1.54) is 0 Å². The van der Waals surface area contributed by atoms with Gasteiger partial charge in [0.05, 0.1) is 23.3 Å². The van der Waals surface area contributed by atoms with Crippen molar-refractivity contribution < 1.29 is 14.0 Å². The maximum atomic E-state index is 6.10. The number of rotatable bonds is 4. The van der Waals surface area contributed by atoms with Gasteiger partial charge in [0.15, 0.2) is 0 Å². The topological polar surface area (TPSA) is 45.5 Å². The molecule has 0 amide bonds. The molecule has 0 bridgehead atoms. The molecule has 3 rings (SSSR count). The average Bonchev–Trinajstić information content (AvgIpc) is 3.04. The maximum Gasteiger partial charge on any atom is 0.498 e. The summed E-state index contributed by atoms with van der Waals surface area (Å²) in [6.45, 7) is 11.2. The Morgan fingerprint density at radius 1 is 1.17 bits per heavy atom. The zero-order valence-electron chi connectivity index (χ0n) is 15.0. The van der Waals surface area contributed by atoms with Crippen LogP contribution in [0.5, 0.6) is 0 Å². The summed E-state index contributed by atoms with van der Waals surface area (Å²) < 4.78 is 20.0. The Bertz CT molecular complexity index is 520. The summed E-state index contributed by atoms with van der Waals surface area (Å²) >= 11 is 0. The second-order valence-corrected chi connectivity index (χ2v) is 7.73. The minimum atomic E-state index is -0.325. The summed E-state index contributed by atoms with van der Waals surface area (Å²) in [6.07, 6.45) is 8.87. The van der Waals surface area contributed by atoms with Gasteiger partial charge >= 0.3 is 7.12 Å². The van der Waals surface area contributed by atoms with Gasteiger partial charge in [-0.1, -0.05) is 0 Å². The van der Waals surface area contributed by atoms with Gasteiger partial charge < -0.3 is 14.0 Å². The summed E-state index contributed by atoms with van der Waals surface area (Å²) in [5, 5.41) is 4.57. The normalized spacial score (nSPS) is 29.9. The largest absolute Gasteiger partial charge is 0.498 e. The van der Waals surface area contributed by atoms with Crippen LogP contribution in [0.25, 0.3) is 0 Å². The van der Waals surface area contributed by atoms with Crippen molar-refractivity contribution in [2.24, 2.45) is 0 Å². The Balaban J connectivity index is 1.64. The van der Waals surface area contributed by atoms with Crippen molar-refractivity contribution in [3.05, 3.63) is 12.4 Å². The molecule has 0 atom stereocenters. The first-order valence-corrected chi connectivity index (χ1v) is 8.83. The zero-order valence-corrected chi connectivity index (χ0v) is 15.0. The lowest BCUT2D eigenvalue weighted by molar-refractivity contribution is 0.00578. The zero-order chi connectivity index (χ0) is 16.7. The number of hydrogen-bond donors (Lipinski definition) is 0. The van der Waals surface area contributed by atoms with Gasteiger partial charge in [0, 0.05) is 24.5 Å². The van der Waals surface area contributed by atoms with Crippen molar-refractivity contribution in [1.29, 1.82) is 0 Å². The first-order chi connectivity index (χ1) is 10.8. The van der Waals surface area contributed by atoms with E-state index in [9.17, 15) is 0 Å². The smallest absolute Gasteiger partial charge is 0.399 e. The van der Waals surface area contributed by atoms with E-state index in [4.69, 9.17) is 14.0 Å². The lowest BCUT2D eigenvalue weighted by Crippen LogP contribution is -2.41. The van der Waals surface area contributed by atoms with Gasteiger partial charge in [0.25, 0.3) is 0 Å². The van der Waals surface area contributed by atoms with Crippen LogP contribution in [0.2, 0.25) is 0 Å². The van der Waals surface area contributed by atoms with E-state index in [0.29, 0.717) is 12.1 Å². The highest BCUT2D eigenvalue weighted by atomic mass is 16.7. The molecule has 1 aliphatic carbocycles. The molecule has 128 valence electrons. The highest BCUT2D eigenvalue weighted by molar-refractivity contribution is 6.61. The third kappa shape index (κ3) is 3.35. The van der Waals surface area contributed by atoms with Crippen molar-refractivity contribution >= 4 is 12.6 Å². The monoisotopic (exact) mass is 320 g/mol. The molecule has 0 aromatic carbocycles. The first-order valence-electron chi connectivity index (χ1n) is 8.83. The van der Waals surface area contributed by atoms with Gasteiger partial charge in [-0.05, 0) is 60.3 Å². The average molecular weight is 320 g/mol. The second kappa shape index (κ2) is 6.23. The van der Waals surface area contributed by atoms with E-state index >= 15 is 0 Å². The number of hydrogen-bond acceptors (Lipinski definition) is 4. The van der Waals surface area contributed by atoms with Crippen LogP contribution in [0.4, 0.5) is 0 Å². The van der Waals surface area contributed by atoms with Crippen molar-refractivity contribution in [1.82, 2.24) is 9.78 Å². The summed E-state index contributed by atoms with van der Waals surface area (Å²) in [5.41, 5.74) is 0.389. The lowest BCUT2D eigenvalue weighted by atomic mass is 9.82. The predicted octanol–water partition coefficient (Wildman–Crippen LogP) is 2.70. The fourth-order valence-corrected chi connectivity index (χ4v) is 3.37. The molecule has 0 unspecified atom stereocenters. The Kier molecular flexibility index (Phi) is 4.60. The van der Waals surface area contributed by atoms with E-state index < -0.39 is 0 Å². The van der Waals surface area contributed by atoms with Crippen molar-refractivity contribution in [2.45, 2.75) is 83.6 Å². The molecule has 5 nitrogen and oxygen atoms in total. The molecule has 0 spiro atoms. The second-order valence-electron chi connectivity index (χ2n) is 7.73. The molecular weight excluding hydrogens is 291 g/mol. The maximum absolute atomic E-state index is 6.10. The molecule has 2 heterocycles. The van der Waals surface area contributed by atoms with E-state index in [1.807, 2.05) is 6.20 Å². The standard InChI is InChI=1S/C17H29BN2O3/c1-6-21-15-9-7-14(8-10-15)20-12-13(11-19-20)18-22-16(2,3)17(4,5)23-18/h11-12,14-15H,6-10H2,1-5H3. The van der Waals surface area contributed by atoms with Crippen molar-refractivity contribution in [2.75, 3.05) is 6.61 Å². The molecule has 0 radical (unpaired) electrons. The van der Waals surface area contributed by atoms with Gasteiger partial charge in [-0.15, -0.1) is 0 Å². The van der Waals surface area contributed by atoms with Crippen LogP contribution in [0, 0.1) is 0 Å². The number of aromatic nitrogens is 2. The lowest BCUT2D eigenvalue weighted by Gasteiger charge is -2.32. The molecule has 6 heteroatoms. The highest BCUT2D eigenvalue weighted by Gasteiger charge is 2.52. The molecule has 1 saturated carbocycles. The van der Waals surface area contributed by atoms with Gasteiger partial charge in [0.2, 0.25) is 0 Å². The van der Waals surface area contributed by atoms with Crippen LogP contribution in [0.3, 0.4) is 0 Å². The molecule has 1 aliphatic heterocycles. The third-order valence-corrected chi connectivity index (χ3v) is 5.57. The van der Waals surface area contributed by atoms with Crippen LogP contribution < -0.4 is 5.46 Å². The quantitative estimate of drug-likeness (QED) is 0.800. The fraction of sp³-hybridized carbons (Fsp3) is 0.824. The molecule has 23 heavy (non-hydrogen) atoms. The van der Waals surface area contributed by atoms with Crippen LogP contribution in [-0.2, 0) is 14.0 Å². The van der Waals surface area contributed by atoms with Crippen LogP contribution in [-0.4, -0.2) is 40.8 Å². The van der Waals surface area contributed by atoms with Crippen LogP contribution in [0.15, 0.2) is 12.4 Å². The third-order valence-electron chi connectivity index (χ3n) is 5.57. The summed E-state index contributed by atoms with van der Waals surface area (Å²) in [4.78, 5) is 0. The fourth-order valence-electron chi connectivity index (χ4n) is 3.37. The van der Waals surface area contributed by atoms with Gasteiger partial charge in [0.1, 0.15) is 0 Å². The number of ether oxygens (including phenoxy) is 1. The molecule has 2 aliphatic rings. The molecular formula is C17H29BN2O3. The minimum absolute atomic E-state index is 0.310. The number of nitrogens with zero attached hydrogens (tertiary/aromatic N) is 2. The van der Waals surface area contributed by atoms with E-state index in [-0.39, 0.29) is 18.3 Å². The van der Waals surface area contributed by atoms with Crippen molar-refractivity contribution in [3.8, 4) is 0 Å². The Hall–Kier alpha value is -0.845. The Morgan fingerprint density at radius 3 is 2.35 bits per heavy atom. The van der Waals surface area contributed by atoms with Gasteiger partial charge in [-0.3, -0.25) is 4.68 Å². The van der Waals surface area contributed by atoms with Gasteiger partial charge in [-0.2, -0.15) is 5.10 Å². The summed E-state index contributed by atoms with van der Waals surface area (Å²) in [6, 6.07) is 0.461. The van der Waals surface area contributed by atoms with Crippen LogP contribution in [0.1, 0.15) is 66.3 Å². The molecule has 1 aromatic heterocycles. The molecule has 1 saturated heterocycles. The predicted molar refractivity (Wildman–Crippen MR) is 90.9 cm³/mol. The first kappa shape index (κ1) is 17.0. The summed E-state index contributed by atoms with van der Waals surface area (Å²) in [5.74, 6) is 0.